The van der Waals surface area contributed by atoms with Crippen molar-refractivity contribution >= 4 is 17.3 Å². The van der Waals surface area contributed by atoms with E-state index >= 15 is 0 Å². The molecule has 1 saturated heterocycles. The van der Waals surface area contributed by atoms with Gasteiger partial charge in [0.15, 0.2) is 0 Å². The van der Waals surface area contributed by atoms with Crippen LogP contribution in [-0.2, 0) is 4.79 Å². The zero-order valence-corrected chi connectivity index (χ0v) is 12.6. The molecule has 1 amide bonds. The van der Waals surface area contributed by atoms with E-state index in [-0.39, 0.29) is 30.7 Å². The Bertz CT molecular complexity index is 562. The van der Waals surface area contributed by atoms with Gasteiger partial charge in [0.1, 0.15) is 0 Å². The number of nitrogens with one attached hydrogen (secondary N) is 1. The Morgan fingerprint density at radius 3 is 3.00 bits per heavy atom. The molecule has 0 spiro atoms. The molecule has 7 heteroatoms. The highest BCUT2D eigenvalue weighted by Crippen LogP contribution is 2.22. The molecule has 1 aromatic carbocycles. The van der Waals surface area contributed by atoms with Crippen molar-refractivity contribution in [3.05, 3.63) is 33.9 Å². The van der Waals surface area contributed by atoms with Crippen molar-refractivity contribution in [2.75, 3.05) is 31.6 Å². The Hall–Kier alpha value is -1.99. The number of hydrogen-bond acceptors (Lipinski definition) is 5. The minimum Gasteiger partial charge on any atom is -0.396 e. The first-order valence-electron chi connectivity index (χ1n) is 7.37. The molecule has 1 fully saturated rings. The number of anilines is 1. The highest BCUT2D eigenvalue weighted by Gasteiger charge is 2.21. The number of aliphatic hydroxyl groups is 1. The number of hydrogen-bond donors (Lipinski definition) is 2. The minimum atomic E-state index is -0.481. The number of rotatable bonds is 5. The molecule has 120 valence electrons. The predicted molar refractivity (Wildman–Crippen MR) is 82.7 cm³/mol. The Labute approximate surface area is 129 Å². The number of nitro groups is 1. The molecule has 7 nitrogen and oxygen atoms in total. The molecule has 2 N–H and O–H groups in total. The highest BCUT2D eigenvalue weighted by atomic mass is 16.6. The second-order valence-corrected chi connectivity index (χ2v) is 5.73. The van der Waals surface area contributed by atoms with E-state index in [9.17, 15) is 20.0 Å². The monoisotopic (exact) mass is 307 g/mol. The molecule has 1 unspecified atom stereocenters. The predicted octanol–water partition coefficient (Wildman–Crippen LogP) is 1.55. The van der Waals surface area contributed by atoms with Crippen molar-refractivity contribution in [1.29, 1.82) is 0 Å². The molecule has 0 radical (unpaired) electrons. The largest absolute Gasteiger partial charge is 0.396 e. The average Bonchev–Trinajstić information content (AvgIpc) is 2.49. The number of likely N-dealkylation sites (tertiary alicyclic amines) is 1. The Morgan fingerprint density at radius 1 is 1.55 bits per heavy atom. The van der Waals surface area contributed by atoms with Gasteiger partial charge in [0, 0.05) is 25.3 Å². The number of carbonyl (C=O) groups is 1. The van der Waals surface area contributed by atoms with E-state index in [1.54, 1.807) is 13.0 Å². The summed E-state index contributed by atoms with van der Waals surface area (Å²) in [4.78, 5) is 24.4. The Kier molecular flexibility index (Phi) is 5.46. The second kappa shape index (κ2) is 7.33. The summed E-state index contributed by atoms with van der Waals surface area (Å²) in [5, 5.41) is 22.7. The van der Waals surface area contributed by atoms with Crippen molar-refractivity contribution in [2.45, 2.75) is 19.8 Å². The second-order valence-electron chi connectivity index (χ2n) is 5.73. The first-order valence-corrected chi connectivity index (χ1v) is 7.37. The molecule has 0 aliphatic carbocycles. The van der Waals surface area contributed by atoms with Crippen molar-refractivity contribution in [3.8, 4) is 0 Å². The first-order chi connectivity index (χ1) is 10.5. The van der Waals surface area contributed by atoms with Crippen molar-refractivity contribution in [1.82, 2.24) is 4.90 Å². The van der Waals surface area contributed by atoms with Crippen LogP contribution in [0.3, 0.4) is 0 Å². The molecule has 0 saturated carbocycles. The SMILES string of the molecule is Cc1ccc([N+](=O)[O-])cc1NC(=O)CN1CCCC(CO)C1. The van der Waals surface area contributed by atoms with E-state index in [1.807, 2.05) is 4.90 Å². The third kappa shape index (κ3) is 4.25. The molecule has 22 heavy (non-hydrogen) atoms. The van der Waals surface area contributed by atoms with Gasteiger partial charge >= 0.3 is 0 Å². The van der Waals surface area contributed by atoms with Crippen LogP contribution in [0, 0.1) is 23.0 Å². The number of amides is 1. The molecule has 1 aliphatic heterocycles. The fraction of sp³-hybridized carbons (Fsp3) is 0.533. The maximum atomic E-state index is 12.1. The van der Waals surface area contributed by atoms with E-state index in [1.165, 1.54) is 12.1 Å². The van der Waals surface area contributed by atoms with Crippen molar-refractivity contribution < 1.29 is 14.8 Å². The third-order valence-electron chi connectivity index (χ3n) is 3.93. The van der Waals surface area contributed by atoms with Crippen LogP contribution in [0.1, 0.15) is 18.4 Å². The standard InChI is InChI=1S/C15H21N3O4/c1-11-4-5-13(18(21)22)7-14(11)16-15(20)9-17-6-2-3-12(8-17)10-19/h4-5,7,12,19H,2-3,6,8-10H2,1H3,(H,16,20). The lowest BCUT2D eigenvalue weighted by atomic mass is 9.99. The topological polar surface area (TPSA) is 95.7 Å². The Morgan fingerprint density at radius 2 is 2.32 bits per heavy atom. The smallest absolute Gasteiger partial charge is 0.271 e. The van der Waals surface area contributed by atoms with Gasteiger partial charge in [-0.3, -0.25) is 19.8 Å². The van der Waals surface area contributed by atoms with Crippen LogP contribution in [0.2, 0.25) is 0 Å². The van der Waals surface area contributed by atoms with E-state index in [0.29, 0.717) is 12.2 Å². The van der Waals surface area contributed by atoms with E-state index in [4.69, 9.17) is 0 Å². The van der Waals surface area contributed by atoms with Crippen LogP contribution in [0.4, 0.5) is 11.4 Å². The summed E-state index contributed by atoms with van der Waals surface area (Å²) in [7, 11) is 0. The van der Waals surface area contributed by atoms with Crippen LogP contribution >= 0.6 is 0 Å². The molecule has 1 aliphatic rings. The van der Waals surface area contributed by atoms with Crippen LogP contribution in [-0.4, -0.2) is 47.1 Å². The van der Waals surface area contributed by atoms with Crippen molar-refractivity contribution in [3.63, 3.8) is 0 Å². The fourth-order valence-corrected chi connectivity index (χ4v) is 2.69. The normalized spacial score (nSPS) is 18.9. The van der Waals surface area contributed by atoms with Crippen LogP contribution in [0.15, 0.2) is 18.2 Å². The number of non-ortho nitro benzene ring substituents is 1. The summed E-state index contributed by atoms with van der Waals surface area (Å²) in [6.07, 6.45) is 1.95. The molecular formula is C15H21N3O4. The number of nitro benzene ring substituents is 1. The maximum absolute atomic E-state index is 12.1. The van der Waals surface area contributed by atoms with E-state index in [2.05, 4.69) is 5.32 Å². The molecule has 0 bridgehead atoms. The number of benzene rings is 1. The lowest BCUT2D eigenvalue weighted by molar-refractivity contribution is -0.384. The molecule has 1 aromatic rings. The zero-order valence-electron chi connectivity index (χ0n) is 12.6. The summed E-state index contributed by atoms with van der Waals surface area (Å²) in [5.74, 6) is 0.0308. The minimum absolute atomic E-state index is 0.0424. The van der Waals surface area contributed by atoms with Gasteiger partial charge in [-0.05, 0) is 37.8 Å². The van der Waals surface area contributed by atoms with Crippen LogP contribution in [0.25, 0.3) is 0 Å². The van der Waals surface area contributed by atoms with Gasteiger partial charge in [-0.2, -0.15) is 0 Å². The van der Waals surface area contributed by atoms with Crippen LogP contribution < -0.4 is 5.32 Å². The quantitative estimate of drug-likeness (QED) is 0.635. The fourth-order valence-electron chi connectivity index (χ4n) is 2.69. The lowest BCUT2D eigenvalue weighted by Crippen LogP contribution is -2.41. The molecule has 0 aromatic heterocycles. The van der Waals surface area contributed by atoms with Gasteiger partial charge in [-0.1, -0.05) is 6.07 Å². The summed E-state index contributed by atoms with van der Waals surface area (Å²) < 4.78 is 0. The van der Waals surface area contributed by atoms with E-state index in [0.717, 1.165) is 24.9 Å². The first kappa shape index (κ1) is 16.4. The lowest BCUT2D eigenvalue weighted by Gasteiger charge is -2.31. The van der Waals surface area contributed by atoms with E-state index < -0.39 is 4.92 Å². The summed E-state index contributed by atoms with van der Waals surface area (Å²) >= 11 is 0. The summed E-state index contributed by atoms with van der Waals surface area (Å²) in [6.45, 7) is 3.71. The maximum Gasteiger partial charge on any atom is 0.271 e. The number of piperidine rings is 1. The average molecular weight is 307 g/mol. The number of carbonyl (C=O) groups excluding carboxylic acids is 1. The third-order valence-corrected chi connectivity index (χ3v) is 3.93. The number of aryl methyl sites for hydroxylation is 1. The number of nitrogens with zero attached hydrogens (tertiary/aromatic N) is 2. The van der Waals surface area contributed by atoms with Gasteiger partial charge < -0.3 is 10.4 Å². The molecule has 2 rings (SSSR count). The highest BCUT2D eigenvalue weighted by molar-refractivity contribution is 5.93. The van der Waals surface area contributed by atoms with Crippen molar-refractivity contribution in [2.24, 2.45) is 5.92 Å². The van der Waals surface area contributed by atoms with Gasteiger partial charge in [-0.15, -0.1) is 0 Å². The van der Waals surface area contributed by atoms with Gasteiger partial charge in [0.2, 0.25) is 5.91 Å². The number of aliphatic hydroxyl groups excluding tert-OH is 1. The summed E-state index contributed by atoms with van der Waals surface area (Å²) in [6, 6.07) is 4.41. The Balaban J connectivity index is 1.97. The molecule has 1 atom stereocenters. The van der Waals surface area contributed by atoms with Crippen LogP contribution in [0.5, 0.6) is 0 Å². The molecule has 1 heterocycles. The zero-order chi connectivity index (χ0) is 16.1. The van der Waals surface area contributed by atoms with Gasteiger partial charge in [-0.25, -0.2) is 0 Å². The van der Waals surface area contributed by atoms with Gasteiger partial charge in [0.25, 0.3) is 5.69 Å². The summed E-state index contributed by atoms with van der Waals surface area (Å²) in [5.41, 5.74) is 1.21. The molecular weight excluding hydrogens is 286 g/mol. The van der Waals surface area contributed by atoms with Gasteiger partial charge in [0.05, 0.1) is 17.2 Å².